The molecule has 0 aliphatic carbocycles. The Labute approximate surface area is 179 Å². The lowest BCUT2D eigenvalue weighted by Crippen LogP contribution is -2.26. The number of hydrogen-bond acceptors (Lipinski definition) is 5. The van der Waals surface area contributed by atoms with Crippen molar-refractivity contribution in [2.45, 2.75) is 25.9 Å². The molecule has 1 fully saturated rings. The van der Waals surface area contributed by atoms with Crippen LogP contribution in [0.4, 0.5) is 0 Å². The Morgan fingerprint density at radius 1 is 1.17 bits per heavy atom. The molecule has 0 radical (unpaired) electrons. The molecule has 0 N–H and O–H groups in total. The highest BCUT2D eigenvalue weighted by Crippen LogP contribution is 2.20. The summed E-state index contributed by atoms with van der Waals surface area (Å²) in [5.41, 5.74) is 2.36. The summed E-state index contributed by atoms with van der Waals surface area (Å²) < 4.78 is 5.28. The number of carbonyl (C=O) groups is 2. The zero-order valence-electron chi connectivity index (χ0n) is 16.5. The maximum Gasteiger partial charge on any atom is 0.254 e. The van der Waals surface area contributed by atoms with Gasteiger partial charge in [0, 0.05) is 42.7 Å². The van der Waals surface area contributed by atoms with Gasteiger partial charge in [0.15, 0.2) is 0 Å². The summed E-state index contributed by atoms with van der Waals surface area (Å²) in [6.45, 7) is 1.58. The van der Waals surface area contributed by atoms with Crippen LogP contribution in [0.3, 0.4) is 0 Å². The van der Waals surface area contributed by atoms with E-state index in [1.807, 2.05) is 29.2 Å². The van der Waals surface area contributed by atoms with Crippen molar-refractivity contribution < 1.29 is 14.1 Å². The van der Waals surface area contributed by atoms with Crippen molar-refractivity contribution in [3.63, 3.8) is 0 Å². The van der Waals surface area contributed by atoms with Crippen molar-refractivity contribution in [1.29, 1.82) is 0 Å². The average Bonchev–Trinajstić information content (AvgIpc) is 3.38. The van der Waals surface area contributed by atoms with E-state index in [-0.39, 0.29) is 18.4 Å². The van der Waals surface area contributed by atoms with Gasteiger partial charge in [-0.15, -0.1) is 0 Å². The zero-order valence-corrected chi connectivity index (χ0v) is 17.3. The van der Waals surface area contributed by atoms with Crippen LogP contribution in [0.1, 0.15) is 34.7 Å². The third kappa shape index (κ3) is 4.52. The van der Waals surface area contributed by atoms with Gasteiger partial charge in [0.1, 0.15) is 0 Å². The first-order chi connectivity index (χ1) is 14.5. The summed E-state index contributed by atoms with van der Waals surface area (Å²) in [4.78, 5) is 32.2. The lowest BCUT2D eigenvalue weighted by atomic mass is 10.1. The smallest absolute Gasteiger partial charge is 0.254 e. The molecule has 0 bridgehead atoms. The summed E-state index contributed by atoms with van der Waals surface area (Å²) in [6.07, 6.45) is 1.53. The number of hydrogen-bond donors (Lipinski definition) is 0. The van der Waals surface area contributed by atoms with E-state index in [0.29, 0.717) is 35.3 Å². The molecule has 0 unspecified atom stereocenters. The van der Waals surface area contributed by atoms with Crippen molar-refractivity contribution in [1.82, 2.24) is 19.9 Å². The lowest BCUT2D eigenvalue weighted by molar-refractivity contribution is -0.128. The molecule has 0 spiro atoms. The van der Waals surface area contributed by atoms with Gasteiger partial charge in [-0.2, -0.15) is 4.98 Å². The van der Waals surface area contributed by atoms with Crippen molar-refractivity contribution in [2.24, 2.45) is 0 Å². The van der Waals surface area contributed by atoms with Gasteiger partial charge in [0.05, 0.1) is 6.54 Å². The maximum absolute atomic E-state index is 12.7. The summed E-state index contributed by atoms with van der Waals surface area (Å²) >= 11 is 5.90. The third-order valence-corrected chi connectivity index (χ3v) is 5.29. The van der Waals surface area contributed by atoms with Crippen LogP contribution in [0.15, 0.2) is 53.1 Å². The molecule has 0 saturated carbocycles. The molecule has 7 nitrogen and oxygen atoms in total. The molecule has 2 aromatic carbocycles. The SMILES string of the molecule is CN(Cc1nc(-c2ccc(Cl)cc2)no1)C(=O)c1ccc(CN2CCCC2=O)cc1. The van der Waals surface area contributed by atoms with Crippen molar-refractivity contribution in [3.05, 3.63) is 70.6 Å². The van der Waals surface area contributed by atoms with Crippen LogP contribution < -0.4 is 0 Å². The number of nitrogens with zero attached hydrogens (tertiary/aromatic N) is 4. The Morgan fingerprint density at radius 2 is 1.90 bits per heavy atom. The molecule has 4 rings (SSSR count). The maximum atomic E-state index is 12.7. The summed E-state index contributed by atoms with van der Waals surface area (Å²) in [6, 6.07) is 14.5. The number of amides is 2. The van der Waals surface area contributed by atoms with Crippen LogP contribution in [0.25, 0.3) is 11.4 Å². The standard InChI is InChI=1S/C22H21ClN4O3/c1-26(14-19-24-21(25-30-19)16-8-10-18(23)11-9-16)22(29)17-6-4-15(5-7-17)13-27-12-2-3-20(27)28/h4-11H,2-3,12-14H2,1H3. The number of carbonyl (C=O) groups excluding carboxylic acids is 2. The predicted octanol–water partition coefficient (Wildman–Crippen LogP) is 3.78. The van der Waals surface area contributed by atoms with Crippen molar-refractivity contribution in [2.75, 3.05) is 13.6 Å². The minimum absolute atomic E-state index is 0.148. The molecular weight excluding hydrogens is 404 g/mol. The second-order valence-electron chi connectivity index (χ2n) is 7.30. The first kappa shape index (κ1) is 20.1. The van der Waals surface area contributed by atoms with Crippen molar-refractivity contribution >= 4 is 23.4 Å². The first-order valence-electron chi connectivity index (χ1n) is 9.70. The van der Waals surface area contributed by atoms with E-state index in [4.69, 9.17) is 16.1 Å². The van der Waals surface area contributed by atoms with Gasteiger partial charge in [-0.25, -0.2) is 0 Å². The topological polar surface area (TPSA) is 79.5 Å². The van der Waals surface area contributed by atoms with E-state index < -0.39 is 0 Å². The fourth-order valence-corrected chi connectivity index (χ4v) is 3.50. The van der Waals surface area contributed by atoms with Crippen LogP contribution in [0, 0.1) is 0 Å². The second-order valence-corrected chi connectivity index (χ2v) is 7.73. The Hall–Kier alpha value is -3.19. The fourth-order valence-electron chi connectivity index (χ4n) is 3.37. The van der Waals surface area contributed by atoms with Gasteiger partial charge >= 0.3 is 0 Å². The van der Waals surface area contributed by atoms with Crippen LogP contribution in [0.5, 0.6) is 0 Å². The molecule has 3 aromatic rings. The second kappa shape index (κ2) is 8.67. The first-order valence-corrected chi connectivity index (χ1v) is 10.1. The molecule has 154 valence electrons. The minimum Gasteiger partial charge on any atom is -0.338 e. The number of likely N-dealkylation sites (tertiary alicyclic amines) is 1. The Balaban J connectivity index is 1.37. The monoisotopic (exact) mass is 424 g/mol. The Morgan fingerprint density at radius 3 is 2.57 bits per heavy atom. The van der Waals surface area contributed by atoms with Gasteiger partial charge in [0.25, 0.3) is 5.91 Å². The van der Waals surface area contributed by atoms with Crippen LogP contribution in [0.2, 0.25) is 5.02 Å². The van der Waals surface area contributed by atoms with Gasteiger partial charge in [-0.05, 0) is 48.4 Å². The average molecular weight is 425 g/mol. The number of halogens is 1. The zero-order chi connectivity index (χ0) is 21.1. The summed E-state index contributed by atoms with van der Waals surface area (Å²) in [5, 5.41) is 4.60. The van der Waals surface area contributed by atoms with Crippen LogP contribution in [-0.2, 0) is 17.9 Å². The Bertz CT molecular complexity index is 1050. The number of benzene rings is 2. The van der Waals surface area contributed by atoms with Gasteiger partial charge in [0.2, 0.25) is 17.6 Å². The molecule has 1 aliphatic heterocycles. The Kier molecular flexibility index (Phi) is 5.81. The van der Waals surface area contributed by atoms with Crippen molar-refractivity contribution in [3.8, 4) is 11.4 Å². The molecule has 0 atom stereocenters. The molecule has 8 heteroatoms. The molecule has 2 amide bonds. The van der Waals surface area contributed by atoms with E-state index in [0.717, 1.165) is 24.1 Å². The summed E-state index contributed by atoms with van der Waals surface area (Å²) in [7, 11) is 1.69. The van der Waals surface area contributed by atoms with E-state index in [9.17, 15) is 9.59 Å². The van der Waals surface area contributed by atoms with E-state index >= 15 is 0 Å². The summed E-state index contributed by atoms with van der Waals surface area (Å²) in [5.74, 6) is 0.834. The quantitative estimate of drug-likeness (QED) is 0.601. The molecule has 1 aromatic heterocycles. The molecule has 1 saturated heterocycles. The van der Waals surface area contributed by atoms with E-state index in [2.05, 4.69) is 10.1 Å². The number of aromatic nitrogens is 2. The van der Waals surface area contributed by atoms with E-state index in [1.165, 1.54) is 4.90 Å². The molecule has 1 aliphatic rings. The third-order valence-electron chi connectivity index (χ3n) is 5.04. The highest BCUT2D eigenvalue weighted by Gasteiger charge is 2.20. The highest BCUT2D eigenvalue weighted by molar-refractivity contribution is 6.30. The lowest BCUT2D eigenvalue weighted by Gasteiger charge is -2.17. The van der Waals surface area contributed by atoms with E-state index in [1.54, 1.807) is 31.3 Å². The minimum atomic E-state index is -0.148. The van der Waals surface area contributed by atoms with Gasteiger partial charge in [-0.1, -0.05) is 28.9 Å². The van der Waals surface area contributed by atoms with Gasteiger partial charge < -0.3 is 14.3 Å². The normalized spacial score (nSPS) is 13.7. The van der Waals surface area contributed by atoms with Crippen LogP contribution in [-0.4, -0.2) is 45.3 Å². The van der Waals surface area contributed by atoms with Gasteiger partial charge in [-0.3, -0.25) is 9.59 Å². The largest absolute Gasteiger partial charge is 0.338 e. The predicted molar refractivity (Wildman–Crippen MR) is 112 cm³/mol. The fraction of sp³-hybridized carbons (Fsp3) is 0.273. The molecule has 2 heterocycles. The molecular formula is C22H21ClN4O3. The highest BCUT2D eigenvalue weighted by atomic mass is 35.5. The van der Waals surface area contributed by atoms with Crippen LogP contribution >= 0.6 is 11.6 Å². The number of rotatable bonds is 6. The molecule has 30 heavy (non-hydrogen) atoms.